The van der Waals surface area contributed by atoms with Gasteiger partial charge in [0.25, 0.3) is 0 Å². The van der Waals surface area contributed by atoms with E-state index >= 15 is 0 Å². The van der Waals surface area contributed by atoms with Gasteiger partial charge in [-0.25, -0.2) is 4.98 Å². The lowest BCUT2D eigenvalue weighted by atomic mass is 10.1. The van der Waals surface area contributed by atoms with E-state index in [1.807, 2.05) is 6.92 Å². The van der Waals surface area contributed by atoms with Crippen LogP contribution in [0.2, 0.25) is 0 Å². The predicted octanol–water partition coefficient (Wildman–Crippen LogP) is 1.27. The van der Waals surface area contributed by atoms with Crippen molar-refractivity contribution in [2.75, 3.05) is 13.2 Å². The van der Waals surface area contributed by atoms with E-state index in [-0.39, 0.29) is 6.04 Å². The van der Waals surface area contributed by atoms with Crippen molar-refractivity contribution in [2.24, 2.45) is 11.7 Å². The highest BCUT2D eigenvalue weighted by Crippen LogP contribution is 2.19. The maximum absolute atomic E-state index is 5.68. The van der Waals surface area contributed by atoms with Gasteiger partial charge in [0.2, 0.25) is 0 Å². The zero-order chi connectivity index (χ0) is 9.97. The highest BCUT2D eigenvalue weighted by Gasteiger charge is 2.19. The molecule has 1 aromatic rings. The van der Waals surface area contributed by atoms with Crippen LogP contribution in [0.4, 0.5) is 0 Å². The summed E-state index contributed by atoms with van der Waals surface area (Å²) >= 11 is 0. The Hall–Kier alpha value is -0.870. The van der Waals surface area contributed by atoms with Crippen LogP contribution in [-0.2, 0) is 11.2 Å². The fourth-order valence-electron chi connectivity index (χ4n) is 1.62. The lowest BCUT2D eigenvalue weighted by Crippen LogP contribution is -2.04. The van der Waals surface area contributed by atoms with Gasteiger partial charge in [-0.3, -0.25) is 0 Å². The SMILES string of the molecule is CC(N)c1cnc(CC2CCOC2)o1. The molecule has 2 heterocycles. The number of nitrogens with zero attached hydrogens (tertiary/aromatic N) is 1. The molecule has 0 spiro atoms. The molecule has 1 aliphatic rings. The van der Waals surface area contributed by atoms with Crippen LogP contribution >= 0.6 is 0 Å². The molecule has 2 atom stereocenters. The lowest BCUT2D eigenvalue weighted by molar-refractivity contribution is 0.184. The van der Waals surface area contributed by atoms with Gasteiger partial charge in [-0.1, -0.05) is 0 Å². The van der Waals surface area contributed by atoms with Gasteiger partial charge in [0.05, 0.1) is 12.2 Å². The number of hydrogen-bond donors (Lipinski definition) is 1. The summed E-state index contributed by atoms with van der Waals surface area (Å²) in [6.07, 6.45) is 3.69. The molecule has 1 aromatic heterocycles. The van der Waals surface area contributed by atoms with Crippen LogP contribution < -0.4 is 5.73 Å². The van der Waals surface area contributed by atoms with E-state index in [0.29, 0.717) is 5.92 Å². The number of rotatable bonds is 3. The molecule has 0 aromatic carbocycles. The minimum absolute atomic E-state index is 0.0731. The normalized spacial score (nSPS) is 24.0. The molecule has 0 saturated carbocycles. The Kier molecular flexibility index (Phi) is 2.84. The Morgan fingerprint density at radius 3 is 3.14 bits per heavy atom. The maximum atomic E-state index is 5.68. The van der Waals surface area contributed by atoms with Gasteiger partial charge in [0.15, 0.2) is 5.89 Å². The van der Waals surface area contributed by atoms with Crippen LogP contribution in [0.5, 0.6) is 0 Å². The number of ether oxygens (including phenoxy) is 1. The summed E-state index contributed by atoms with van der Waals surface area (Å²) in [5, 5.41) is 0. The molecule has 0 bridgehead atoms. The van der Waals surface area contributed by atoms with Gasteiger partial charge in [-0.05, 0) is 19.3 Å². The second-order valence-corrected chi connectivity index (χ2v) is 3.88. The molecule has 1 aliphatic heterocycles. The summed E-state index contributed by atoms with van der Waals surface area (Å²) in [5.41, 5.74) is 5.68. The van der Waals surface area contributed by atoms with Gasteiger partial charge in [-0.2, -0.15) is 0 Å². The van der Waals surface area contributed by atoms with E-state index in [4.69, 9.17) is 14.9 Å². The van der Waals surface area contributed by atoms with E-state index in [9.17, 15) is 0 Å². The first kappa shape index (κ1) is 9.68. The molecule has 2 rings (SSSR count). The Labute approximate surface area is 83.4 Å². The summed E-state index contributed by atoms with van der Waals surface area (Å²) in [6.45, 7) is 3.59. The van der Waals surface area contributed by atoms with Crippen molar-refractivity contribution < 1.29 is 9.15 Å². The average molecular weight is 196 g/mol. The first-order valence-corrected chi connectivity index (χ1v) is 5.03. The molecule has 1 fully saturated rings. The number of nitrogens with two attached hydrogens (primary N) is 1. The van der Waals surface area contributed by atoms with E-state index in [2.05, 4.69) is 4.98 Å². The first-order valence-electron chi connectivity index (χ1n) is 5.03. The Morgan fingerprint density at radius 1 is 1.71 bits per heavy atom. The van der Waals surface area contributed by atoms with Gasteiger partial charge in [-0.15, -0.1) is 0 Å². The monoisotopic (exact) mass is 196 g/mol. The fraction of sp³-hybridized carbons (Fsp3) is 0.700. The van der Waals surface area contributed by atoms with Crippen molar-refractivity contribution in [2.45, 2.75) is 25.8 Å². The molecule has 0 aliphatic carbocycles. The molecule has 4 heteroatoms. The molecule has 2 unspecified atom stereocenters. The molecule has 0 amide bonds. The van der Waals surface area contributed by atoms with Crippen molar-refractivity contribution in [3.05, 3.63) is 17.8 Å². The summed E-state index contributed by atoms with van der Waals surface area (Å²) in [4.78, 5) is 4.20. The van der Waals surface area contributed by atoms with Crippen LogP contribution in [0.15, 0.2) is 10.6 Å². The van der Waals surface area contributed by atoms with Crippen molar-refractivity contribution in [1.82, 2.24) is 4.98 Å². The highest BCUT2D eigenvalue weighted by molar-refractivity contribution is 4.99. The van der Waals surface area contributed by atoms with E-state index in [1.165, 1.54) is 0 Å². The van der Waals surface area contributed by atoms with Gasteiger partial charge in [0.1, 0.15) is 5.76 Å². The third-order valence-electron chi connectivity index (χ3n) is 2.51. The van der Waals surface area contributed by atoms with Crippen LogP contribution in [0.25, 0.3) is 0 Å². The quantitative estimate of drug-likeness (QED) is 0.790. The zero-order valence-electron chi connectivity index (χ0n) is 8.40. The highest BCUT2D eigenvalue weighted by atomic mass is 16.5. The van der Waals surface area contributed by atoms with Gasteiger partial charge in [0, 0.05) is 19.6 Å². The fourth-order valence-corrected chi connectivity index (χ4v) is 1.62. The molecule has 1 saturated heterocycles. The molecule has 14 heavy (non-hydrogen) atoms. The summed E-state index contributed by atoms with van der Waals surface area (Å²) in [7, 11) is 0. The molecule has 78 valence electrons. The first-order chi connectivity index (χ1) is 6.75. The summed E-state index contributed by atoms with van der Waals surface area (Å²) in [5.74, 6) is 2.11. The van der Waals surface area contributed by atoms with Crippen LogP contribution in [0.3, 0.4) is 0 Å². The molecule has 0 radical (unpaired) electrons. The second-order valence-electron chi connectivity index (χ2n) is 3.88. The van der Waals surface area contributed by atoms with Crippen molar-refractivity contribution in [3.8, 4) is 0 Å². The van der Waals surface area contributed by atoms with Crippen LogP contribution in [0, 0.1) is 5.92 Å². The Morgan fingerprint density at radius 2 is 2.57 bits per heavy atom. The predicted molar refractivity (Wildman–Crippen MR) is 51.7 cm³/mol. The standard InChI is InChI=1S/C10H16N2O2/c1-7(11)9-5-12-10(14-9)4-8-2-3-13-6-8/h5,7-8H,2-4,6,11H2,1H3. The third kappa shape index (κ3) is 2.13. The number of hydrogen-bond acceptors (Lipinski definition) is 4. The van der Waals surface area contributed by atoms with Crippen molar-refractivity contribution >= 4 is 0 Å². The second kappa shape index (κ2) is 4.11. The Balaban J connectivity index is 1.95. The minimum atomic E-state index is -0.0731. The molecule has 4 nitrogen and oxygen atoms in total. The topological polar surface area (TPSA) is 61.3 Å². The zero-order valence-corrected chi connectivity index (χ0v) is 8.40. The smallest absolute Gasteiger partial charge is 0.194 e. The average Bonchev–Trinajstić information content (AvgIpc) is 2.75. The van der Waals surface area contributed by atoms with Crippen molar-refractivity contribution in [3.63, 3.8) is 0 Å². The molecular formula is C10H16N2O2. The minimum Gasteiger partial charge on any atom is -0.444 e. The molecule has 2 N–H and O–H groups in total. The van der Waals surface area contributed by atoms with Gasteiger partial charge >= 0.3 is 0 Å². The summed E-state index contributed by atoms with van der Waals surface area (Å²) in [6, 6.07) is -0.0731. The van der Waals surface area contributed by atoms with Crippen LogP contribution in [0.1, 0.15) is 31.0 Å². The van der Waals surface area contributed by atoms with Crippen molar-refractivity contribution in [1.29, 1.82) is 0 Å². The summed E-state index contributed by atoms with van der Waals surface area (Å²) < 4.78 is 10.8. The van der Waals surface area contributed by atoms with Gasteiger partial charge < -0.3 is 14.9 Å². The van der Waals surface area contributed by atoms with Crippen LogP contribution in [-0.4, -0.2) is 18.2 Å². The van der Waals surface area contributed by atoms with E-state index in [0.717, 1.165) is 37.7 Å². The Bertz CT molecular complexity index is 290. The largest absolute Gasteiger partial charge is 0.444 e. The number of oxazole rings is 1. The third-order valence-corrected chi connectivity index (χ3v) is 2.51. The maximum Gasteiger partial charge on any atom is 0.194 e. The number of aromatic nitrogens is 1. The molecular weight excluding hydrogens is 180 g/mol. The lowest BCUT2D eigenvalue weighted by Gasteiger charge is -2.02. The van der Waals surface area contributed by atoms with E-state index < -0.39 is 0 Å². The van der Waals surface area contributed by atoms with E-state index in [1.54, 1.807) is 6.20 Å².